The molecule has 3 N–H and O–H groups in total. The van der Waals surface area contributed by atoms with Gasteiger partial charge in [-0.3, -0.25) is 0 Å². The fourth-order valence-corrected chi connectivity index (χ4v) is 3.16. The minimum absolute atomic E-state index is 0. The Morgan fingerprint density at radius 1 is 0.500 bits per heavy atom. The first-order valence-electron chi connectivity index (χ1n) is 12.1. The number of carbonyl (C=O) groups is 3. The first kappa shape index (κ1) is 33.8. The summed E-state index contributed by atoms with van der Waals surface area (Å²) >= 11 is 0. The molecule has 0 amide bonds. The van der Waals surface area contributed by atoms with Crippen molar-refractivity contribution in [3.63, 3.8) is 0 Å². The van der Waals surface area contributed by atoms with Crippen molar-refractivity contribution >= 4 is 28.7 Å². The Balaban J connectivity index is 0.000000265. The van der Waals surface area contributed by atoms with Crippen LogP contribution in [-0.4, -0.2) is 33.2 Å². The van der Waals surface area contributed by atoms with E-state index in [0.717, 1.165) is 16.7 Å². The molecule has 7 heteroatoms. The van der Waals surface area contributed by atoms with Gasteiger partial charge in [0.2, 0.25) is 0 Å². The van der Waals surface area contributed by atoms with Crippen LogP contribution in [0.15, 0.2) is 115 Å². The van der Waals surface area contributed by atoms with Gasteiger partial charge in [0.25, 0.3) is 0 Å². The molecule has 0 bridgehead atoms. The van der Waals surface area contributed by atoms with Crippen LogP contribution in [0.3, 0.4) is 0 Å². The molecule has 0 aromatic heterocycles. The van der Waals surface area contributed by atoms with Crippen molar-refractivity contribution in [2.24, 2.45) is 0 Å². The number of rotatable bonds is 3. The summed E-state index contributed by atoms with van der Waals surface area (Å²) in [5, 5.41) is 28.1. The molecular formula is C33H31O6Zr-. The van der Waals surface area contributed by atoms with Crippen molar-refractivity contribution in [2.75, 3.05) is 0 Å². The van der Waals surface area contributed by atoms with E-state index in [1.807, 2.05) is 20.8 Å². The fourth-order valence-electron chi connectivity index (χ4n) is 3.16. The number of aromatic carboxylic acids is 3. The van der Waals surface area contributed by atoms with Crippen LogP contribution in [0.2, 0.25) is 0 Å². The third-order valence-electron chi connectivity index (χ3n) is 5.44. The van der Waals surface area contributed by atoms with Crippen LogP contribution in [0.4, 0.5) is 0 Å². The van der Waals surface area contributed by atoms with E-state index in [2.05, 4.69) is 42.5 Å². The van der Waals surface area contributed by atoms with E-state index in [1.165, 1.54) is 10.8 Å². The van der Waals surface area contributed by atoms with Gasteiger partial charge in [0, 0.05) is 26.2 Å². The number of benzene rings is 4. The van der Waals surface area contributed by atoms with Crippen LogP contribution >= 0.6 is 0 Å². The van der Waals surface area contributed by atoms with Gasteiger partial charge in [0.1, 0.15) is 0 Å². The monoisotopic (exact) mass is 613 g/mol. The molecule has 5 rings (SSSR count). The van der Waals surface area contributed by atoms with Gasteiger partial charge < -0.3 is 15.3 Å². The largest absolute Gasteiger partial charge is 0.478 e. The summed E-state index contributed by atoms with van der Waals surface area (Å²) in [6.45, 7) is 5.77. The maximum Gasteiger partial charge on any atom is 0.335 e. The molecule has 204 valence electrons. The molecule has 5 aromatic carbocycles. The third-order valence-corrected chi connectivity index (χ3v) is 5.44. The normalized spacial score (nSPS) is 9.28. The molecule has 0 fully saturated rings. The van der Waals surface area contributed by atoms with Gasteiger partial charge in [0.15, 0.2) is 0 Å². The van der Waals surface area contributed by atoms with Crippen LogP contribution in [-0.2, 0) is 26.2 Å². The summed E-state index contributed by atoms with van der Waals surface area (Å²) in [6, 6.07) is 34.9. The Morgan fingerprint density at radius 2 is 0.825 bits per heavy atom. The molecule has 0 atom stereocenters. The molecule has 0 spiro atoms. The fraction of sp³-hybridized carbons (Fsp3) is 0.0909. The van der Waals surface area contributed by atoms with Crippen LogP contribution in [0.5, 0.6) is 0 Å². The minimum Gasteiger partial charge on any atom is -0.478 e. The predicted molar refractivity (Wildman–Crippen MR) is 154 cm³/mol. The van der Waals surface area contributed by atoms with E-state index in [9.17, 15) is 14.4 Å². The molecule has 6 nitrogen and oxygen atoms in total. The van der Waals surface area contributed by atoms with Crippen molar-refractivity contribution in [2.45, 2.75) is 20.8 Å². The van der Waals surface area contributed by atoms with Crippen LogP contribution in [0, 0.1) is 20.8 Å². The van der Waals surface area contributed by atoms with E-state index in [4.69, 9.17) is 15.3 Å². The topological polar surface area (TPSA) is 112 Å². The molecule has 0 heterocycles. The second kappa shape index (κ2) is 17.4. The molecule has 5 aromatic rings. The average Bonchev–Trinajstić information content (AvgIpc) is 3.40. The van der Waals surface area contributed by atoms with Gasteiger partial charge in [-0.1, -0.05) is 59.2 Å². The van der Waals surface area contributed by atoms with E-state index in [1.54, 1.807) is 72.8 Å². The second-order valence-electron chi connectivity index (χ2n) is 8.67. The standard InChI is InChI=1S/C9H7.3C8H8O2.Zr/c1-2-5-9-7-3-6-8(9)4-1;3*1-6-2-4-7(5-3-6)8(9)10;/h1-7H;3*2-5H,1H3,(H,9,10);/q-1;;;;. The molecule has 0 aliphatic rings. The molecular weight excluding hydrogens is 584 g/mol. The van der Waals surface area contributed by atoms with Crippen LogP contribution in [0.1, 0.15) is 47.8 Å². The molecule has 0 saturated heterocycles. The third kappa shape index (κ3) is 12.1. The summed E-state index contributed by atoms with van der Waals surface area (Å²) in [5.74, 6) is -2.62. The summed E-state index contributed by atoms with van der Waals surface area (Å²) in [7, 11) is 0. The Labute approximate surface area is 253 Å². The molecule has 0 radical (unpaired) electrons. The zero-order chi connectivity index (χ0) is 28.8. The zero-order valence-electron chi connectivity index (χ0n) is 22.5. The summed E-state index contributed by atoms with van der Waals surface area (Å²) < 4.78 is 0. The molecule has 0 aliphatic heterocycles. The van der Waals surface area contributed by atoms with Gasteiger partial charge >= 0.3 is 17.9 Å². The number of fused-ring (bicyclic) bond motifs is 1. The van der Waals surface area contributed by atoms with Crippen molar-refractivity contribution in [3.8, 4) is 0 Å². The first-order chi connectivity index (χ1) is 18.6. The first-order valence-corrected chi connectivity index (χ1v) is 12.1. The predicted octanol–water partition coefficient (Wildman–Crippen LogP) is 7.64. The van der Waals surface area contributed by atoms with E-state index >= 15 is 0 Å². The Hall–Kier alpha value is -4.22. The number of hydrogen-bond donors (Lipinski definition) is 3. The van der Waals surface area contributed by atoms with Crippen molar-refractivity contribution in [3.05, 3.63) is 149 Å². The number of aryl methyl sites for hydroxylation is 3. The van der Waals surface area contributed by atoms with Crippen molar-refractivity contribution in [1.29, 1.82) is 0 Å². The molecule has 0 saturated carbocycles. The van der Waals surface area contributed by atoms with E-state index < -0.39 is 17.9 Å². The van der Waals surface area contributed by atoms with Gasteiger partial charge in [-0.2, -0.15) is 17.5 Å². The van der Waals surface area contributed by atoms with E-state index in [0.29, 0.717) is 16.7 Å². The van der Waals surface area contributed by atoms with Gasteiger partial charge in [-0.25, -0.2) is 14.4 Å². The Bertz CT molecular complexity index is 1320. The SMILES string of the molecule is Cc1ccc(C(=O)O)cc1.Cc1ccc(C(=O)O)cc1.Cc1ccc(C(=O)O)cc1.[Zr].c1ccc2[cH-]ccc2c1. The quantitative estimate of drug-likeness (QED) is 0.180. The van der Waals surface area contributed by atoms with Crippen LogP contribution < -0.4 is 0 Å². The summed E-state index contributed by atoms with van der Waals surface area (Å²) in [5.41, 5.74) is 4.24. The van der Waals surface area contributed by atoms with Crippen molar-refractivity contribution < 1.29 is 55.9 Å². The second-order valence-corrected chi connectivity index (χ2v) is 8.67. The Kier molecular flexibility index (Phi) is 14.7. The average molecular weight is 615 g/mol. The molecule has 0 unspecified atom stereocenters. The maximum absolute atomic E-state index is 10.3. The maximum atomic E-state index is 10.3. The van der Waals surface area contributed by atoms with Gasteiger partial charge in [-0.05, 0) is 57.2 Å². The number of hydrogen-bond acceptors (Lipinski definition) is 3. The van der Waals surface area contributed by atoms with E-state index in [-0.39, 0.29) is 26.2 Å². The molecule has 0 aliphatic carbocycles. The Morgan fingerprint density at radius 3 is 1.12 bits per heavy atom. The summed E-state index contributed by atoms with van der Waals surface area (Å²) in [4.78, 5) is 30.9. The minimum atomic E-state index is -0.875. The number of carboxylic acid groups (broad SMARTS) is 3. The number of carboxylic acids is 3. The molecule has 40 heavy (non-hydrogen) atoms. The zero-order valence-corrected chi connectivity index (χ0v) is 25.0. The smallest absolute Gasteiger partial charge is 0.335 e. The van der Waals surface area contributed by atoms with Gasteiger partial charge in [0.05, 0.1) is 16.7 Å². The van der Waals surface area contributed by atoms with Crippen molar-refractivity contribution in [1.82, 2.24) is 0 Å². The summed E-state index contributed by atoms with van der Waals surface area (Å²) in [6.07, 6.45) is 0. The van der Waals surface area contributed by atoms with Gasteiger partial charge in [-0.15, -0.1) is 29.7 Å². The van der Waals surface area contributed by atoms with Crippen LogP contribution in [0.25, 0.3) is 10.8 Å².